The molecule has 0 fully saturated rings. The van der Waals surface area contributed by atoms with E-state index >= 15 is 0 Å². The summed E-state index contributed by atoms with van der Waals surface area (Å²) in [4.78, 5) is 14.0. The normalized spacial score (nSPS) is 10.6. The van der Waals surface area contributed by atoms with Gasteiger partial charge in [0, 0.05) is 25.6 Å². The molecular formula is C9H5ClINO. The number of H-pyrrole nitrogens is 1. The summed E-state index contributed by atoms with van der Waals surface area (Å²) in [5, 5.41) is 2.23. The van der Waals surface area contributed by atoms with E-state index in [1.165, 1.54) is 0 Å². The van der Waals surface area contributed by atoms with Gasteiger partial charge in [0.15, 0.2) is 0 Å². The molecular weight excluding hydrogens is 300 g/mol. The van der Waals surface area contributed by atoms with E-state index in [0.29, 0.717) is 10.4 Å². The predicted molar refractivity (Wildman–Crippen MR) is 62.3 cm³/mol. The van der Waals surface area contributed by atoms with E-state index in [0.717, 1.165) is 8.96 Å². The van der Waals surface area contributed by atoms with Crippen molar-refractivity contribution >= 4 is 45.0 Å². The van der Waals surface area contributed by atoms with Gasteiger partial charge in [-0.25, -0.2) is 0 Å². The van der Waals surface area contributed by atoms with Crippen LogP contribution in [0.5, 0.6) is 0 Å². The van der Waals surface area contributed by atoms with Gasteiger partial charge in [-0.05, 0) is 40.8 Å². The molecule has 13 heavy (non-hydrogen) atoms. The van der Waals surface area contributed by atoms with E-state index in [1.54, 1.807) is 24.4 Å². The Labute approximate surface area is 93.1 Å². The predicted octanol–water partition coefficient (Wildman–Crippen LogP) is 2.79. The summed E-state index contributed by atoms with van der Waals surface area (Å²) in [5.74, 6) is 0. The van der Waals surface area contributed by atoms with Gasteiger partial charge in [-0.2, -0.15) is 0 Å². The maximum atomic E-state index is 11.3. The van der Waals surface area contributed by atoms with Crippen molar-refractivity contribution < 1.29 is 0 Å². The Hall–Kier alpha value is -0.550. The average molecular weight is 306 g/mol. The van der Waals surface area contributed by atoms with Crippen molar-refractivity contribution in [1.82, 2.24) is 4.98 Å². The molecule has 0 aliphatic heterocycles. The third-order valence-electron chi connectivity index (χ3n) is 1.81. The first-order valence-corrected chi connectivity index (χ1v) is 5.10. The third-order valence-corrected chi connectivity index (χ3v) is 2.94. The maximum Gasteiger partial charge on any atom is 0.255 e. The highest BCUT2D eigenvalue weighted by molar-refractivity contribution is 14.1. The molecule has 0 aliphatic rings. The zero-order valence-electron chi connectivity index (χ0n) is 6.47. The highest BCUT2D eigenvalue weighted by Crippen LogP contribution is 2.20. The molecule has 0 spiro atoms. The number of rotatable bonds is 0. The third kappa shape index (κ3) is 1.58. The van der Waals surface area contributed by atoms with Crippen LogP contribution < -0.4 is 5.56 Å². The smallest absolute Gasteiger partial charge is 0.255 e. The molecule has 1 N–H and O–H groups in total. The molecule has 1 aromatic heterocycles. The molecule has 0 saturated heterocycles. The van der Waals surface area contributed by atoms with Gasteiger partial charge in [0.05, 0.1) is 0 Å². The highest BCUT2D eigenvalue weighted by atomic mass is 127. The number of pyridine rings is 1. The molecule has 0 saturated carbocycles. The van der Waals surface area contributed by atoms with Gasteiger partial charge in [0.2, 0.25) is 0 Å². The molecule has 2 nitrogen and oxygen atoms in total. The van der Waals surface area contributed by atoms with E-state index in [2.05, 4.69) is 27.6 Å². The number of halogens is 2. The lowest BCUT2D eigenvalue weighted by atomic mass is 10.2. The van der Waals surface area contributed by atoms with Gasteiger partial charge in [-0.3, -0.25) is 4.79 Å². The summed E-state index contributed by atoms with van der Waals surface area (Å²) in [6.45, 7) is 0. The van der Waals surface area contributed by atoms with Crippen LogP contribution in [0.3, 0.4) is 0 Å². The quantitative estimate of drug-likeness (QED) is 0.746. The van der Waals surface area contributed by atoms with Crippen LogP contribution in [0.4, 0.5) is 0 Å². The van der Waals surface area contributed by atoms with Crippen LogP contribution >= 0.6 is 34.2 Å². The van der Waals surface area contributed by atoms with Crippen molar-refractivity contribution in [2.75, 3.05) is 0 Å². The van der Waals surface area contributed by atoms with Crippen LogP contribution in [0.25, 0.3) is 10.8 Å². The summed E-state index contributed by atoms with van der Waals surface area (Å²) in [7, 11) is 0. The molecule has 2 aromatic rings. The van der Waals surface area contributed by atoms with Crippen molar-refractivity contribution in [1.29, 1.82) is 0 Å². The van der Waals surface area contributed by atoms with Gasteiger partial charge >= 0.3 is 0 Å². The number of nitrogens with one attached hydrogen (secondary N) is 1. The minimum atomic E-state index is -0.0768. The second kappa shape index (κ2) is 3.31. The Bertz CT molecular complexity index is 520. The summed E-state index contributed by atoms with van der Waals surface area (Å²) >= 11 is 7.99. The fraction of sp³-hybridized carbons (Fsp3) is 0. The van der Waals surface area contributed by atoms with E-state index in [1.807, 2.05) is 0 Å². The number of hydrogen-bond acceptors (Lipinski definition) is 1. The molecule has 0 unspecified atom stereocenters. The number of hydrogen-bond donors (Lipinski definition) is 1. The summed E-state index contributed by atoms with van der Waals surface area (Å²) < 4.78 is 0.995. The number of benzene rings is 1. The van der Waals surface area contributed by atoms with Crippen molar-refractivity contribution in [3.8, 4) is 0 Å². The second-order valence-electron chi connectivity index (χ2n) is 2.66. The Kier molecular flexibility index (Phi) is 2.29. The van der Waals surface area contributed by atoms with E-state index < -0.39 is 0 Å². The van der Waals surface area contributed by atoms with Crippen molar-refractivity contribution in [3.05, 3.63) is 43.3 Å². The largest absolute Gasteiger partial charge is 0.327 e. The Morgan fingerprint density at radius 1 is 1.31 bits per heavy atom. The van der Waals surface area contributed by atoms with Crippen LogP contribution in [0.15, 0.2) is 29.2 Å². The molecule has 1 heterocycles. The molecule has 0 aliphatic carbocycles. The lowest BCUT2D eigenvalue weighted by Gasteiger charge is -1.99. The van der Waals surface area contributed by atoms with Gasteiger partial charge in [0.1, 0.15) is 0 Å². The number of aromatic nitrogens is 1. The molecule has 66 valence electrons. The minimum absolute atomic E-state index is 0.0768. The fourth-order valence-corrected chi connectivity index (χ4v) is 1.97. The molecule has 0 atom stereocenters. The van der Waals surface area contributed by atoms with Gasteiger partial charge in [-0.1, -0.05) is 11.6 Å². The van der Waals surface area contributed by atoms with Crippen LogP contribution in [0, 0.1) is 3.57 Å². The first kappa shape index (κ1) is 9.02. The van der Waals surface area contributed by atoms with Gasteiger partial charge in [-0.15, -0.1) is 0 Å². The molecule has 2 rings (SSSR count). The topological polar surface area (TPSA) is 32.9 Å². The van der Waals surface area contributed by atoms with Crippen molar-refractivity contribution in [3.63, 3.8) is 0 Å². The Balaban J connectivity index is 3.01. The van der Waals surface area contributed by atoms with Crippen LogP contribution in [-0.2, 0) is 0 Å². The first-order valence-electron chi connectivity index (χ1n) is 3.65. The maximum absolute atomic E-state index is 11.3. The highest BCUT2D eigenvalue weighted by Gasteiger charge is 2.02. The molecule has 1 aromatic carbocycles. The fourth-order valence-electron chi connectivity index (χ4n) is 1.20. The number of fused-ring (bicyclic) bond motifs is 1. The van der Waals surface area contributed by atoms with Gasteiger partial charge < -0.3 is 4.98 Å². The second-order valence-corrected chi connectivity index (χ2v) is 4.25. The molecule has 0 amide bonds. The number of aromatic amines is 1. The zero-order chi connectivity index (χ0) is 9.42. The SMILES string of the molecule is O=c1[nH]cc(I)c2cc(Cl)ccc12. The lowest BCUT2D eigenvalue weighted by molar-refractivity contribution is 1.26. The summed E-state index contributed by atoms with van der Waals surface area (Å²) in [5.41, 5.74) is -0.0768. The molecule has 0 radical (unpaired) electrons. The zero-order valence-corrected chi connectivity index (χ0v) is 9.39. The van der Waals surface area contributed by atoms with Crippen LogP contribution in [0.1, 0.15) is 0 Å². The van der Waals surface area contributed by atoms with E-state index in [9.17, 15) is 4.79 Å². The van der Waals surface area contributed by atoms with Gasteiger partial charge in [0.25, 0.3) is 5.56 Å². The Morgan fingerprint density at radius 2 is 2.08 bits per heavy atom. The van der Waals surface area contributed by atoms with E-state index in [4.69, 9.17) is 11.6 Å². The minimum Gasteiger partial charge on any atom is -0.327 e. The summed E-state index contributed by atoms with van der Waals surface area (Å²) in [6.07, 6.45) is 1.68. The first-order chi connectivity index (χ1) is 6.18. The lowest BCUT2D eigenvalue weighted by Crippen LogP contribution is -2.05. The van der Waals surface area contributed by atoms with Crippen molar-refractivity contribution in [2.24, 2.45) is 0 Å². The average Bonchev–Trinajstić information content (AvgIpc) is 2.12. The molecule has 4 heteroatoms. The Morgan fingerprint density at radius 3 is 2.85 bits per heavy atom. The molecule has 0 bridgehead atoms. The van der Waals surface area contributed by atoms with Crippen LogP contribution in [-0.4, -0.2) is 4.98 Å². The van der Waals surface area contributed by atoms with E-state index in [-0.39, 0.29) is 5.56 Å². The van der Waals surface area contributed by atoms with Crippen LogP contribution in [0.2, 0.25) is 5.02 Å². The van der Waals surface area contributed by atoms with Crippen molar-refractivity contribution in [2.45, 2.75) is 0 Å². The standard InChI is InChI=1S/C9H5ClINO/c10-5-1-2-6-7(3-5)8(11)4-12-9(6)13/h1-4H,(H,12,13). The monoisotopic (exact) mass is 305 g/mol. The summed E-state index contributed by atoms with van der Waals surface area (Å²) in [6, 6.07) is 5.25.